The van der Waals surface area contributed by atoms with Crippen molar-refractivity contribution in [2.45, 2.75) is 43.8 Å². The molecule has 1 fully saturated rings. The largest absolute Gasteiger partial charge is 0.339 e. The van der Waals surface area contributed by atoms with E-state index in [-0.39, 0.29) is 5.91 Å². The number of para-hydroxylation sites is 1. The Hall–Kier alpha value is -2.12. The summed E-state index contributed by atoms with van der Waals surface area (Å²) in [5, 5.41) is 11.6. The van der Waals surface area contributed by atoms with E-state index in [4.69, 9.17) is 0 Å². The van der Waals surface area contributed by atoms with Crippen LogP contribution in [0.1, 0.15) is 32.6 Å². The van der Waals surface area contributed by atoms with Gasteiger partial charge in [-0.3, -0.25) is 9.36 Å². The van der Waals surface area contributed by atoms with Gasteiger partial charge in [-0.25, -0.2) is 0 Å². The first-order chi connectivity index (χ1) is 13.8. The minimum atomic E-state index is 0.205. The maximum Gasteiger partial charge on any atom is 0.233 e. The summed E-state index contributed by atoms with van der Waals surface area (Å²) < 4.78 is 2.05. The third-order valence-electron chi connectivity index (χ3n) is 5.13. The number of thiophene rings is 1. The smallest absolute Gasteiger partial charge is 0.233 e. The molecular weight excluding hydrogens is 388 g/mol. The third kappa shape index (κ3) is 4.00. The molecule has 0 saturated carbocycles. The number of hydrogen-bond donors (Lipinski definition) is 0. The van der Waals surface area contributed by atoms with E-state index >= 15 is 0 Å². The Morgan fingerprint density at radius 3 is 2.79 bits per heavy atom. The summed E-state index contributed by atoms with van der Waals surface area (Å²) in [6.07, 6.45) is 4.48. The third-order valence-corrected chi connectivity index (χ3v) is 6.91. The van der Waals surface area contributed by atoms with Gasteiger partial charge in [-0.05, 0) is 49.3 Å². The van der Waals surface area contributed by atoms with Gasteiger partial charge in [-0.15, -0.1) is 21.5 Å². The van der Waals surface area contributed by atoms with E-state index in [1.165, 1.54) is 18.2 Å². The Balaban J connectivity index is 1.57. The molecule has 2 aromatic heterocycles. The van der Waals surface area contributed by atoms with Gasteiger partial charge < -0.3 is 4.90 Å². The number of carbonyl (C=O) groups excluding carboxylic acids is 1. The zero-order chi connectivity index (χ0) is 19.3. The summed E-state index contributed by atoms with van der Waals surface area (Å²) in [5.41, 5.74) is 1.01. The molecule has 28 heavy (non-hydrogen) atoms. The van der Waals surface area contributed by atoms with Gasteiger partial charge in [0.25, 0.3) is 0 Å². The van der Waals surface area contributed by atoms with Crippen LogP contribution in [0.4, 0.5) is 0 Å². The van der Waals surface area contributed by atoms with E-state index in [1.807, 2.05) is 47.8 Å². The van der Waals surface area contributed by atoms with E-state index in [9.17, 15) is 4.79 Å². The number of nitrogens with zero attached hydrogens (tertiary/aromatic N) is 4. The molecule has 4 rings (SSSR count). The monoisotopic (exact) mass is 412 g/mol. The predicted octanol–water partition coefficient (Wildman–Crippen LogP) is 4.88. The van der Waals surface area contributed by atoms with Gasteiger partial charge in [0, 0.05) is 18.3 Å². The lowest BCUT2D eigenvalue weighted by Gasteiger charge is -2.35. The molecule has 0 radical (unpaired) electrons. The molecule has 1 amide bonds. The van der Waals surface area contributed by atoms with Crippen LogP contribution >= 0.6 is 23.1 Å². The van der Waals surface area contributed by atoms with Crippen LogP contribution in [-0.2, 0) is 4.79 Å². The highest BCUT2D eigenvalue weighted by Crippen LogP contribution is 2.31. The molecule has 7 heteroatoms. The molecule has 5 nitrogen and oxygen atoms in total. The average molecular weight is 413 g/mol. The highest BCUT2D eigenvalue weighted by molar-refractivity contribution is 7.99. The molecule has 1 aromatic carbocycles. The Morgan fingerprint density at radius 1 is 1.18 bits per heavy atom. The number of amides is 1. The average Bonchev–Trinajstić information content (AvgIpc) is 3.42. The molecule has 1 saturated heterocycles. The minimum Gasteiger partial charge on any atom is -0.339 e. The van der Waals surface area contributed by atoms with E-state index in [2.05, 4.69) is 26.6 Å². The first-order valence-corrected chi connectivity index (χ1v) is 11.6. The maximum atomic E-state index is 12.9. The number of benzene rings is 1. The number of carbonyl (C=O) groups is 1. The second kappa shape index (κ2) is 8.92. The van der Waals surface area contributed by atoms with Crippen molar-refractivity contribution in [3.8, 4) is 16.4 Å². The molecule has 1 aliphatic heterocycles. The Kier molecular flexibility index (Phi) is 6.12. The molecule has 0 bridgehead atoms. The molecular formula is C21H24N4OS2. The van der Waals surface area contributed by atoms with Crippen molar-refractivity contribution in [3.05, 3.63) is 47.8 Å². The highest BCUT2D eigenvalue weighted by atomic mass is 32.2. The molecule has 1 atom stereocenters. The van der Waals surface area contributed by atoms with Crippen molar-refractivity contribution < 1.29 is 4.79 Å². The minimum absolute atomic E-state index is 0.205. The fourth-order valence-electron chi connectivity index (χ4n) is 3.70. The fourth-order valence-corrected chi connectivity index (χ4v) is 5.24. The van der Waals surface area contributed by atoms with Gasteiger partial charge in [0.2, 0.25) is 5.91 Å². The van der Waals surface area contributed by atoms with Crippen LogP contribution in [-0.4, -0.2) is 43.9 Å². The van der Waals surface area contributed by atoms with Crippen molar-refractivity contribution in [2.24, 2.45) is 0 Å². The van der Waals surface area contributed by atoms with E-state index < -0.39 is 0 Å². The van der Waals surface area contributed by atoms with E-state index in [0.29, 0.717) is 11.8 Å². The molecule has 1 unspecified atom stereocenters. The first-order valence-electron chi connectivity index (χ1n) is 9.75. The van der Waals surface area contributed by atoms with E-state index in [1.54, 1.807) is 11.3 Å². The molecule has 0 spiro atoms. The molecule has 1 aliphatic rings. The summed E-state index contributed by atoms with van der Waals surface area (Å²) in [5.74, 6) is 1.42. The number of rotatable bonds is 6. The normalized spacial score (nSPS) is 17.0. The van der Waals surface area contributed by atoms with Crippen molar-refractivity contribution in [2.75, 3.05) is 12.3 Å². The molecule has 146 valence electrons. The van der Waals surface area contributed by atoms with Crippen LogP contribution in [0.15, 0.2) is 53.0 Å². The summed E-state index contributed by atoms with van der Waals surface area (Å²) in [6, 6.07) is 14.6. The topological polar surface area (TPSA) is 51.0 Å². The number of aromatic nitrogens is 3. The lowest BCUT2D eigenvalue weighted by Crippen LogP contribution is -2.44. The maximum absolute atomic E-state index is 12.9. The van der Waals surface area contributed by atoms with Crippen LogP contribution in [0.2, 0.25) is 0 Å². The summed E-state index contributed by atoms with van der Waals surface area (Å²) >= 11 is 3.12. The first kappa shape index (κ1) is 19.2. The van der Waals surface area contributed by atoms with Gasteiger partial charge >= 0.3 is 0 Å². The van der Waals surface area contributed by atoms with Crippen molar-refractivity contribution in [1.29, 1.82) is 0 Å². The van der Waals surface area contributed by atoms with Crippen LogP contribution in [0, 0.1) is 0 Å². The fraction of sp³-hybridized carbons (Fsp3) is 0.381. The Morgan fingerprint density at radius 2 is 2.04 bits per heavy atom. The molecule has 0 N–H and O–H groups in total. The van der Waals surface area contributed by atoms with E-state index in [0.717, 1.165) is 47.4 Å². The van der Waals surface area contributed by atoms with Crippen LogP contribution in [0.5, 0.6) is 0 Å². The van der Waals surface area contributed by atoms with Gasteiger partial charge in [-0.1, -0.05) is 43.0 Å². The van der Waals surface area contributed by atoms with Gasteiger partial charge in [0.1, 0.15) is 0 Å². The Bertz CT molecular complexity index is 908. The Labute approximate surface area is 173 Å². The standard InChI is InChI=1S/C21H24N4OS2/c1-2-16-9-6-7-13-24(16)19(26)15-28-21-23-22-20(18-12-8-14-27-18)25(21)17-10-4-3-5-11-17/h3-5,8,10-12,14,16H,2,6-7,9,13,15H2,1H3. The molecule has 0 aliphatic carbocycles. The zero-order valence-corrected chi connectivity index (χ0v) is 17.6. The highest BCUT2D eigenvalue weighted by Gasteiger charge is 2.26. The zero-order valence-electron chi connectivity index (χ0n) is 16.0. The van der Waals surface area contributed by atoms with Crippen LogP contribution in [0.25, 0.3) is 16.4 Å². The van der Waals surface area contributed by atoms with Crippen molar-refractivity contribution in [3.63, 3.8) is 0 Å². The number of thioether (sulfide) groups is 1. The predicted molar refractivity (Wildman–Crippen MR) is 115 cm³/mol. The molecule has 3 aromatic rings. The number of piperidine rings is 1. The quantitative estimate of drug-likeness (QED) is 0.542. The van der Waals surface area contributed by atoms with Crippen molar-refractivity contribution in [1.82, 2.24) is 19.7 Å². The van der Waals surface area contributed by atoms with Crippen molar-refractivity contribution >= 4 is 29.0 Å². The van der Waals surface area contributed by atoms with Crippen LogP contribution < -0.4 is 0 Å². The molecule has 3 heterocycles. The van der Waals surface area contributed by atoms with Gasteiger partial charge in [-0.2, -0.15) is 0 Å². The SMILES string of the molecule is CCC1CCCCN1C(=O)CSc1nnc(-c2cccs2)n1-c1ccccc1. The van der Waals surface area contributed by atoms with Gasteiger partial charge in [0.05, 0.1) is 10.6 Å². The lowest BCUT2D eigenvalue weighted by atomic mass is 10.0. The summed E-state index contributed by atoms with van der Waals surface area (Å²) in [7, 11) is 0. The summed E-state index contributed by atoms with van der Waals surface area (Å²) in [4.78, 5) is 16.0. The number of likely N-dealkylation sites (tertiary alicyclic amines) is 1. The second-order valence-electron chi connectivity index (χ2n) is 6.89. The second-order valence-corrected chi connectivity index (χ2v) is 8.78. The van der Waals surface area contributed by atoms with Gasteiger partial charge in [0.15, 0.2) is 11.0 Å². The number of hydrogen-bond acceptors (Lipinski definition) is 5. The van der Waals surface area contributed by atoms with Crippen LogP contribution in [0.3, 0.4) is 0 Å². The lowest BCUT2D eigenvalue weighted by molar-refractivity contribution is -0.132. The summed E-state index contributed by atoms with van der Waals surface area (Å²) in [6.45, 7) is 3.05.